The van der Waals surface area contributed by atoms with Crippen LogP contribution in [0.15, 0.2) is 60.7 Å². The van der Waals surface area contributed by atoms with Gasteiger partial charge in [0, 0.05) is 0 Å². The molecule has 21 heavy (non-hydrogen) atoms. The molecule has 0 fully saturated rings. The van der Waals surface area contributed by atoms with Gasteiger partial charge in [-0.25, -0.2) is 0 Å². The summed E-state index contributed by atoms with van der Waals surface area (Å²) < 4.78 is 5.00. The van der Waals surface area contributed by atoms with Crippen LogP contribution in [0.25, 0.3) is 0 Å². The molecule has 2 atom stereocenters. The summed E-state index contributed by atoms with van der Waals surface area (Å²) in [7, 11) is 1.47. The lowest BCUT2D eigenvalue weighted by atomic mass is 9.84. The van der Waals surface area contributed by atoms with Crippen LogP contribution in [-0.4, -0.2) is 13.1 Å². The molecule has 0 amide bonds. The van der Waals surface area contributed by atoms with E-state index in [1.807, 2.05) is 36.4 Å². The lowest BCUT2D eigenvalue weighted by molar-refractivity contribution is -0.147. The molecule has 0 heterocycles. The zero-order valence-corrected chi connectivity index (χ0v) is 12.7. The van der Waals surface area contributed by atoms with Crippen LogP contribution >= 0.6 is 0 Å². The molecule has 110 valence electrons. The highest BCUT2D eigenvalue weighted by Crippen LogP contribution is 2.23. The summed E-state index contributed by atoms with van der Waals surface area (Å²) in [6.45, 7) is 2.12. The average Bonchev–Trinajstić information content (AvgIpc) is 2.53. The van der Waals surface area contributed by atoms with Gasteiger partial charge < -0.3 is 4.74 Å². The summed E-state index contributed by atoms with van der Waals surface area (Å²) in [4.78, 5) is 12.1. The maximum absolute atomic E-state index is 12.1. The van der Waals surface area contributed by atoms with Crippen LogP contribution in [0.4, 0.5) is 0 Å². The van der Waals surface area contributed by atoms with Crippen LogP contribution in [0.2, 0.25) is 0 Å². The number of hydrogen-bond donors (Lipinski definition) is 0. The van der Waals surface area contributed by atoms with E-state index in [4.69, 9.17) is 4.74 Å². The van der Waals surface area contributed by atoms with Crippen molar-refractivity contribution in [1.82, 2.24) is 0 Å². The molecule has 2 heteroatoms. The van der Waals surface area contributed by atoms with Crippen LogP contribution < -0.4 is 0 Å². The number of methoxy groups -OCH3 is 1. The van der Waals surface area contributed by atoms with E-state index < -0.39 is 0 Å². The SMILES string of the molecule is COC(=O)C(Cc1ccccc1)C(C)Cc1ccccc1. The number of carbonyl (C=O) groups is 1. The first-order valence-corrected chi connectivity index (χ1v) is 7.36. The van der Waals surface area contributed by atoms with Gasteiger partial charge in [-0.15, -0.1) is 0 Å². The van der Waals surface area contributed by atoms with E-state index in [1.54, 1.807) is 0 Å². The van der Waals surface area contributed by atoms with E-state index in [1.165, 1.54) is 18.2 Å². The predicted molar refractivity (Wildman–Crippen MR) is 85.0 cm³/mol. The maximum atomic E-state index is 12.1. The molecule has 0 spiro atoms. The van der Waals surface area contributed by atoms with E-state index in [2.05, 4.69) is 31.2 Å². The summed E-state index contributed by atoms with van der Waals surface area (Å²) in [6, 6.07) is 20.4. The first-order valence-electron chi connectivity index (χ1n) is 7.36. The molecule has 2 rings (SSSR count). The van der Waals surface area contributed by atoms with Crippen molar-refractivity contribution in [3.8, 4) is 0 Å². The summed E-state index contributed by atoms with van der Waals surface area (Å²) in [5, 5.41) is 0. The van der Waals surface area contributed by atoms with Crippen molar-refractivity contribution >= 4 is 5.97 Å². The Hall–Kier alpha value is -2.09. The van der Waals surface area contributed by atoms with Crippen molar-refractivity contribution in [3.63, 3.8) is 0 Å². The first-order chi connectivity index (χ1) is 10.2. The standard InChI is InChI=1S/C19H22O2/c1-15(13-16-9-5-3-6-10-16)18(19(20)21-2)14-17-11-7-4-8-12-17/h3-12,15,18H,13-14H2,1-2H3. The summed E-state index contributed by atoms with van der Waals surface area (Å²) in [6.07, 6.45) is 1.61. The lowest BCUT2D eigenvalue weighted by Gasteiger charge is -2.22. The second-order valence-corrected chi connectivity index (χ2v) is 5.49. The minimum absolute atomic E-state index is 0.113. The Morgan fingerprint density at radius 2 is 1.38 bits per heavy atom. The van der Waals surface area contributed by atoms with Crippen LogP contribution in [-0.2, 0) is 22.4 Å². The number of rotatable bonds is 6. The normalized spacial score (nSPS) is 13.4. The first kappa shape index (κ1) is 15.3. The zero-order chi connectivity index (χ0) is 15.1. The van der Waals surface area contributed by atoms with E-state index in [0.29, 0.717) is 0 Å². The van der Waals surface area contributed by atoms with Gasteiger partial charge in [0.25, 0.3) is 0 Å². The minimum Gasteiger partial charge on any atom is -0.469 e. The summed E-state index contributed by atoms with van der Waals surface area (Å²) in [5.74, 6) is -0.0000496. The molecule has 2 unspecified atom stereocenters. The average molecular weight is 282 g/mol. The highest BCUT2D eigenvalue weighted by atomic mass is 16.5. The van der Waals surface area contributed by atoms with Crippen molar-refractivity contribution in [1.29, 1.82) is 0 Å². The largest absolute Gasteiger partial charge is 0.469 e. The molecular weight excluding hydrogens is 260 g/mol. The van der Waals surface area contributed by atoms with E-state index in [9.17, 15) is 4.79 Å². The van der Waals surface area contributed by atoms with Crippen molar-refractivity contribution < 1.29 is 9.53 Å². The second kappa shape index (κ2) is 7.63. The van der Waals surface area contributed by atoms with Gasteiger partial charge in [-0.2, -0.15) is 0 Å². The molecule has 2 aromatic rings. The van der Waals surface area contributed by atoms with Crippen molar-refractivity contribution in [2.75, 3.05) is 7.11 Å². The third-order valence-electron chi connectivity index (χ3n) is 3.89. The highest BCUT2D eigenvalue weighted by molar-refractivity contribution is 5.73. The molecule has 0 aliphatic heterocycles. The molecule has 0 aliphatic carbocycles. The summed E-state index contributed by atoms with van der Waals surface area (Å²) >= 11 is 0. The quantitative estimate of drug-likeness (QED) is 0.751. The molecular formula is C19H22O2. The molecule has 0 bridgehead atoms. The van der Waals surface area contributed by atoms with E-state index in [0.717, 1.165) is 12.8 Å². The number of ether oxygens (including phenoxy) is 1. The van der Waals surface area contributed by atoms with E-state index in [-0.39, 0.29) is 17.8 Å². The second-order valence-electron chi connectivity index (χ2n) is 5.49. The zero-order valence-electron chi connectivity index (χ0n) is 12.7. The van der Waals surface area contributed by atoms with Crippen molar-refractivity contribution in [3.05, 3.63) is 71.8 Å². The fourth-order valence-electron chi connectivity index (χ4n) is 2.66. The smallest absolute Gasteiger partial charge is 0.309 e. The molecule has 0 aromatic heterocycles. The maximum Gasteiger partial charge on any atom is 0.309 e. The molecule has 0 saturated heterocycles. The van der Waals surface area contributed by atoms with Gasteiger partial charge >= 0.3 is 5.97 Å². The van der Waals surface area contributed by atoms with E-state index >= 15 is 0 Å². The van der Waals surface area contributed by atoms with Gasteiger partial charge in [0.05, 0.1) is 13.0 Å². The van der Waals surface area contributed by atoms with Gasteiger partial charge in [-0.05, 0) is 29.9 Å². The Kier molecular flexibility index (Phi) is 5.56. The molecule has 2 aromatic carbocycles. The topological polar surface area (TPSA) is 26.3 Å². The fourth-order valence-corrected chi connectivity index (χ4v) is 2.66. The number of esters is 1. The van der Waals surface area contributed by atoms with Crippen molar-refractivity contribution in [2.45, 2.75) is 19.8 Å². The fraction of sp³-hybridized carbons (Fsp3) is 0.316. The Balaban J connectivity index is 2.10. The van der Waals surface area contributed by atoms with Gasteiger partial charge in [-0.3, -0.25) is 4.79 Å². The van der Waals surface area contributed by atoms with Crippen molar-refractivity contribution in [2.24, 2.45) is 11.8 Å². The number of benzene rings is 2. The third kappa shape index (κ3) is 4.45. The third-order valence-corrected chi connectivity index (χ3v) is 3.89. The Labute approximate surface area is 126 Å². The summed E-state index contributed by atoms with van der Waals surface area (Å²) in [5.41, 5.74) is 2.43. The van der Waals surface area contributed by atoms with Crippen LogP contribution in [0.5, 0.6) is 0 Å². The van der Waals surface area contributed by atoms with Gasteiger partial charge in [-0.1, -0.05) is 67.6 Å². The van der Waals surface area contributed by atoms with Gasteiger partial charge in [0.15, 0.2) is 0 Å². The van der Waals surface area contributed by atoms with Crippen LogP contribution in [0, 0.1) is 11.8 Å². The molecule has 0 saturated carbocycles. The lowest BCUT2D eigenvalue weighted by Crippen LogP contribution is -2.27. The molecule has 0 radical (unpaired) electrons. The molecule has 0 aliphatic rings. The van der Waals surface area contributed by atoms with Gasteiger partial charge in [0.2, 0.25) is 0 Å². The number of carbonyl (C=O) groups excluding carboxylic acids is 1. The highest BCUT2D eigenvalue weighted by Gasteiger charge is 2.26. The van der Waals surface area contributed by atoms with Crippen LogP contribution in [0.1, 0.15) is 18.1 Å². The Bertz CT molecular complexity index is 548. The minimum atomic E-state index is -0.123. The monoisotopic (exact) mass is 282 g/mol. The molecule has 0 N–H and O–H groups in total. The van der Waals surface area contributed by atoms with Crippen LogP contribution in [0.3, 0.4) is 0 Å². The van der Waals surface area contributed by atoms with Gasteiger partial charge in [0.1, 0.15) is 0 Å². The Morgan fingerprint density at radius 3 is 1.86 bits per heavy atom. The predicted octanol–water partition coefficient (Wildman–Crippen LogP) is 3.90. The number of hydrogen-bond acceptors (Lipinski definition) is 2. The Morgan fingerprint density at radius 1 is 0.905 bits per heavy atom. The molecule has 2 nitrogen and oxygen atoms in total.